The maximum Gasteiger partial charge on any atom is 0.414 e. The van der Waals surface area contributed by atoms with Crippen molar-refractivity contribution >= 4 is 89.0 Å². The topological polar surface area (TPSA) is 551 Å². The zero-order valence-corrected chi connectivity index (χ0v) is 50.2. The molecule has 3 aromatic carbocycles. The van der Waals surface area contributed by atoms with Crippen LogP contribution in [0.2, 0.25) is 0 Å². The lowest BCUT2D eigenvalue weighted by Crippen LogP contribution is -2.59. The molecule has 34 nitrogen and oxygen atoms in total. The maximum atomic E-state index is 13.8. The van der Waals surface area contributed by atoms with E-state index in [0.29, 0.717) is 11.1 Å². The van der Waals surface area contributed by atoms with Crippen molar-refractivity contribution in [1.82, 2.24) is 58.5 Å². The van der Waals surface area contributed by atoms with Gasteiger partial charge in [0.05, 0.1) is 38.8 Å². The molecule has 3 rings (SSSR count). The van der Waals surface area contributed by atoms with Crippen molar-refractivity contribution < 1.29 is 91.6 Å². The molecule has 0 aliphatic carbocycles. The first-order chi connectivity index (χ1) is 43.8. The van der Waals surface area contributed by atoms with E-state index in [2.05, 4.69) is 53.2 Å². The van der Waals surface area contributed by atoms with Crippen LogP contribution >= 0.6 is 0 Å². The van der Waals surface area contributed by atoms with Crippen molar-refractivity contribution in [3.8, 4) is 0 Å². The van der Waals surface area contributed by atoms with Gasteiger partial charge >= 0.3 is 12.2 Å². The first kappa shape index (κ1) is 75.6. The summed E-state index contributed by atoms with van der Waals surface area (Å²) in [5.74, 6) is -13.5. The number of amides is 15. The Morgan fingerprint density at radius 2 is 0.880 bits per heavy atom. The molecule has 500 valence electrons. The quantitative estimate of drug-likeness (QED) is 0.0236. The summed E-state index contributed by atoms with van der Waals surface area (Å²) in [5, 5.41) is 45.2. The van der Waals surface area contributed by atoms with Crippen LogP contribution in [-0.2, 0) is 91.4 Å². The van der Waals surface area contributed by atoms with Crippen LogP contribution in [-0.4, -0.2) is 180 Å². The fraction of sp³-hybridized carbons (Fsp3) is 0.431. The summed E-state index contributed by atoms with van der Waals surface area (Å²) in [7, 11) is 0. The van der Waals surface area contributed by atoms with Gasteiger partial charge in [0.15, 0.2) is 0 Å². The Labute approximate surface area is 527 Å². The van der Waals surface area contributed by atoms with Gasteiger partial charge in [-0.15, -0.1) is 0 Å². The van der Waals surface area contributed by atoms with E-state index in [1.54, 1.807) is 91.0 Å². The highest BCUT2D eigenvalue weighted by atomic mass is 16.6. The van der Waals surface area contributed by atoms with E-state index >= 15 is 0 Å². The van der Waals surface area contributed by atoms with Crippen LogP contribution in [0.1, 0.15) is 75.0 Å². The number of hydrogen-bond acceptors (Lipinski definition) is 20. The molecule has 0 aliphatic rings. The number of nitrogens with two attached hydrogens (primary N) is 4. The lowest BCUT2D eigenvalue weighted by atomic mass is 10.0. The highest BCUT2D eigenvalue weighted by molar-refractivity contribution is 6.00. The molecule has 21 N–H and O–H groups in total. The first-order valence-corrected chi connectivity index (χ1v) is 28.8. The lowest BCUT2D eigenvalue weighted by molar-refractivity contribution is -0.135. The summed E-state index contributed by atoms with van der Waals surface area (Å²) in [4.78, 5) is 193. The van der Waals surface area contributed by atoms with Crippen molar-refractivity contribution in [2.45, 2.75) is 126 Å². The summed E-state index contributed by atoms with van der Waals surface area (Å²) in [6.45, 7) is -2.91. The minimum atomic E-state index is -1.84. The third-order valence-corrected chi connectivity index (χ3v) is 13.0. The number of ether oxygens (including phenoxy) is 2. The molecule has 0 unspecified atom stereocenters. The van der Waals surface area contributed by atoms with Crippen LogP contribution in [0.3, 0.4) is 0 Å². The van der Waals surface area contributed by atoms with E-state index in [1.165, 1.54) is 6.92 Å². The molecule has 0 fully saturated rings. The minimum Gasteiger partial charge on any atom is -0.445 e. The number of benzene rings is 3. The average molecular weight is 1290 g/mol. The first-order valence-electron chi connectivity index (χ1n) is 28.8. The largest absolute Gasteiger partial charge is 0.445 e. The van der Waals surface area contributed by atoms with Crippen LogP contribution in [0.15, 0.2) is 91.0 Å². The molecule has 0 saturated carbocycles. The SMILES string of the molecule is C[C@H](NC(=O)[C@@H](N)CCC(N)=O)C(=O)N[C@@H](CCCCNC(=O)OCc1ccccc1)C(=O)N[C@@H](CO)C(=O)N[C@@H](CCC(N)=O)C(=O)NCC(=O)NCC(=O)N[C@@H](CO)C(=O)N[C@@H](CC(N)=O)C(=O)N[C@@H](Cc1ccccc1)C(=O)NC(=O)OCc1ccccc1. The number of aliphatic hydroxyl groups is 2. The van der Waals surface area contributed by atoms with E-state index in [-0.39, 0.29) is 58.3 Å². The Balaban J connectivity index is 1.62. The van der Waals surface area contributed by atoms with Crippen molar-refractivity contribution in [3.05, 3.63) is 108 Å². The fourth-order valence-corrected chi connectivity index (χ4v) is 8.05. The molecule has 15 amide bonds. The Hall–Kier alpha value is -10.6. The molecule has 0 aliphatic heterocycles. The monoisotopic (exact) mass is 1290 g/mol. The molecule has 0 bridgehead atoms. The van der Waals surface area contributed by atoms with Crippen LogP contribution < -0.4 is 81.4 Å². The van der Waals surface area contributed by atoms with Crippen LogP contribution in [0, 0.1) is 0 Å². The van der Waals surface area contributed by atoms with Crippen LogP contribution in [0.4, 0.5) is 9.59 Å². The van der Waals surface area contributed by atoms with E-state index in [9.17, 15) is 82.1 Å². The second-order valence-corrected chi connectivity index (χ2v) is 20.5. The Kier molecular flexibility index (Phi) is 33.6. The summed E-state index contributed by atoms with van der Waals surface area (Å²) >= 11 is 0. The van der Waals surface area contributed by atoms with E-state index in [4.69, 9.17) is 32.4 Å². The molecule has 34 heteroatoms. The van der Waals surface area contributed by atoms with E-state index < -0.39 is 183 Å². The number of rotatable bonds is 40. The van der Waals surface area contributed by atoms with Crippen LogP contribution in [0.25, 0.3) is 0 Å². The predicted molar refractivity (Wildman–Crippen MR) is 321 cm³/mol. The smallest absolute Gasteiger partial charge is 0.414 e. The number of imide groups is 1. The number of alkyl carbamates (subject to hydrolysis) is 2. The fourth-order valence-electron chi connectivity index (χ4n) is 8.05. The van der Waals surface area contributed by atoms with Gasteiger partial charge in [-0.05, 0) is 55.7 Å². The number of unbranched alkanes of at least 4 members (excludes halogenated alkanes) is 1. The number of carbonyl (C=O) groups excluding carboxylic acids is 15. The van der Waals surface area contributed by atoms with Gasteiger partial charge in [0.1, 0.15) is 55.5 Å². The zero-order valence-electron chi connectivity index (χ0n) is 50.2. The highest BCUT2D eigenvalue weighted by Gasteiger charge is 2.34. The highest BCUT2D eigenvalue weighted by Crippen LogP contribution is 2.09. The Morgan fingerprint density at radius 3 is 1.43 bits per heavy atom. The molecule has 0 radical (unpaired) electrons. The number of primary amides is 3. The van der Waals surface area contributed by atoms with Crippen LogP contribution in [0.5, 0.6) is 0 Å². The lowest BCUT2D eigenvalue weighted by Gasteiger charge is -2.25. The third-order valence-electron chi connectivity index (χ3n) is 13.0. The number of carbonyl (C=O) groups is 15. The Morgan fingerprint density at radius 1 is 0.424 bits per heavy atom. The summed E-state index contributed by atoms with van der Waals surface area (Å²) in [5.41, 5.74) is 23.5. The molecule has 8 atom stereocenters. The summed E-state index contributed by atoms with van der Waals surface area (Å²) in [6, 6.07) is 12.8. The molecular formula is C58H79N15O19. The van der Waals surface area contributed by atoms with Gasteiger partial charge in [-0.2, -0.15) is 0 Å². The van der Waals surface area contributed by atoms with Gasteiger partial charge in [-0.1, -0.05) is 91.0 Å². The molecule has 0 heterocycles. The second-order valence-electron chi connectivity index (χ2n) is 20.5. The predicted octanol–water partition coefficient (Wildman–Crippen LogP) is -5.86. The zero-order chi connectivity index (χ0) is 68.1. The van der Waals surface area contributed by atoms with Gasteiger partial charge < -0.3 is 95.8 Å². The van der Waals surface area contributed by atoms with E-state index in [0.717, 1.165) is 5.56 Å². The van der Waals surface area contributed by atoms with Crippen molar-refractivity contribution in [2.75, 3.05) is 32.8 Å². The molecule has 92 heavy (non-hydrogen) atoms. The van der Waals surface area contributed by atoms with Gasteiger partial charge in [0.2, 0.25) is 70.9 Å². The summed E-state index contributed by atoms with van der Waals surface area (Å²) in [6.07, 6.45) is -4.11. The summed E-state index contributed by atoms with van der Waals surface area (Å²) < 4.78 is 10.3. The third kappa shape index (κ3) is 30.1. The molecule has 3 aromatic rings. The van der Waals surface area contributed by atoms with Gasteiger partial charge in [-0.25, -0.2) is 9.59 Å². The second kappa shape index (κ2) is 40.8. The van der Waals surface area contributed by atoms with Gasteiger partial charge in [0, 0.05) is 25.8 Å². The number of hydrogen-bond donors (Lipinski definition) is 17. The van der Waals surface area contributed by atoms with Gasteiger partial charge in [-0.3, -0.25) is 67.6 Å². The van der Waals surface area contributed by atoms with Crippen molar-refractivity contribution in [2.24, 2.45) is 22.9 Å². The minimum absolute atomic E-state index is 0.00829. The van der Waals surface area contributed by atoms with Crippen molar-refractivity contribution in [3.63, 3.8) is 0 Å². The van der Waals surface area contributed by atoms with Crippen molar-refractivity contribution in [1.29, 1.82) is 0 Å². The van der Waals surface area contributed by atoms with Gasteiger partial charge in [0.25, 0.3) is 5.91 Å². The maximum absolute atomic E-state index is 13.8. The molecule has 0 saturated heterocycles. The average Bonchev–Trinajstić information content (AvgIpc) is 3.72. The Bertz CT molecular complexity index is 3020. The number of nitrogens with one attached hydrogen (secondary N) is 11. The normalized spacial score (nSPS) is 13.3. The van der Waals surface area contributed by atoms with E-state index in [1.807, 2.05) is 5.32 Å². The molecule has 0 spiro atoms. The molecular weight excluding hydrogens is 1210 g/mol. The molecule has 0 aromatic heterocycles. The number of aliphatic hydroxyl groups excluding tert-OH is 2. The standard InChI is InChI=1S/C58H79N15O19/c1-33(66-50(82)37(59)20-22-44(60)76)49(81)68-38(19-11-12-24-63-57(89)91-31-35-15-7-3-8-16-35)52(84)72-43(30-75)56(88)69-39(21-23-45(61)77)51(83)65-27-47(79)64-28-48(80)67-42(29-74)55(87)71-41(26-46(62)78)53(85)70-40(25-34-13-5-2-6-14-34)54(86)73-58(90)92-32-36-17-9-4-10-18-36/h2-10,13-18,33,37-43,74-75H,11-12,19-32,59H2,1H3,(H2,60,76)(H2,61,77)(H2,62,78)(H,63,89)(H,64,79)(H,65,83)(H,66,82)(H,67,80)(H,68,81)(H,69,88)(H,70,85)(H,71,87)(H,72,84)(H,73,86,90)/t33-,37-,38-,39-,40-,41-,42-,43-/m0/s1.